The van der Waals surface area contributed by atoms with Crippen LogP contribution in [0.15, 0.2) is 30.5 Å². The SMILES string of the molecule is CCCCCCCCOc1ccc(C2=CNC(OCCCCCCC)C=C2)nn1. The predicted octanol–water partition coefficient (Wildman–Crippen LogP) is 6.03. The fraction of sp³-hybridized carbons (Fsp3) is 0.667. The molecule has 1 atom stereocenters. The Balaban J connectivity index is 1.62. The molecular formula is C24H39N3O2. The Morgan fingerprint density at radius 2 is 1.52 bits per heavy atom. The molecule has 0 fully saturated rings. The molecule has 2 heterocycles. The van der Waals surface area contributed by atoms with Gasteiger partial charge < -0.3 is 14.8 Å². The molecule has 0 amide bonds. The summed E-state index contributed by atoms with van der Waals surface area (Å²) in [6.07, 6.45) is 19.7. The van der Waals surface area contributed by atoms with Gasteiger partial charge in [-0.3, -0.25) is 0 Å². The van der Waals surface area contributed by atoms with Crippen LogP contribution >= 0.6 is 0 Å². The average molecular weight is 402 g/mol. The summed E-state index contributed by atoms with van der Waals surface area (Å²) in [7, 11) is 0. The zero-order chi connectivity index (χ0) is 20.6. The van der Waals surface area contributed by atoms with Gasteiger partial charge in [0, 0.05) is 24.4 Å². The Morgan fingerprint density at radius 1 is 0.828 bits per heavy atom. The summed E-state index contributed by atoms with van der Waals surface area (Å²) in [5.74, 6) is 0.597. The van der Waals surface area contributed by atoms with Crippen molar-refractivity contribution in [2.75, 3.05) is 13.2 Å². The molecule has 0 radical (unpaired) electrons. The van der Waals surface area contributed by atoms with Gasteiger partial charge in [-0.15, -0.1) is 10.2 Å². The molecule has 162 valence electrons. The van der Waals surface area contributed by atoms with Crippen LogP contribution in [0.25, 0.3) is 5.57 Å². The first-order valence-electron chi connectivity index (χ1n) is 11.6. The number of nitrogens with zero attached hydrogens (tertiary/aromatic N) is 2. The highest BCUT2D eigenvalue weighted by Gasteiger charge is 2.10. The smallest absolute Gasteiger partial charge is 0.233 e. The van der Waals surface area contributed by atoms with Gasteiger partial charge in [-0.05, 0) is 25.0 Å². The number of rotatable bonds is 16. The van der Waals surface area contributed by atoms with Gasteiger partial charge in [0.2, 0.25) is 5.88 Å². The number of unbranched alkanes of at least 4 members (excludes halogenated alkanes) is 9. The molecule has 29 heavy (non-hydrogen) atoms. The van der Waals surface area contributed by atoms with E-state index in [0.29, 0.717) is 12.5 Å². The van der Waals surface area contributed by atoms with Gasteiger partial charge in [0.1, 0.15) is 6.23 Å². The molecule has 1 aliphatic heterocycles. The van der Waals surface area contributed by atoms with E-state index in [1.165, 1.54) is 57.8 Å². The summed E-state index contributed by atoms with van der Waals surface area (Å²) >= 11 is 0. The van der Waals surface area contributed by atoms with E-state index in [1.54, 1.807) is 0 Å². The van der Waals surface area contributed by atoms with Crippen LogP contribution in [0.3, 0.4) is 0 Å². The lowest BCUT2D eigenvalue weighted by Crippen LogP contribution is -2.28. The summed E-state index contributed by atoms with van der Waals surface area (Å²) in [4.78, 5) is 0. The number of allylic oxidation sites excluding steroid dienone is 2. The third-order valence-electron chi connectivity index (χ3n) is 5.08. The minimum absolute atomic E-state index is 0.0576. The van der Waals surface area contributed by atoms with Gasteiger partial charge in [-0.2, -0.15) is 0 Å². The van der Waals surface area contributed by atoms with Crippen LogP contribution in [0, 0.1) is 0 Å². The lowest BCUT2D eigenvalue weighted by Gasteiger charge is -2.19. The first-order valence-corrected chi connectivity index (χ1v) is 11.6. The van der Waals surface area contributed by atoms with Gasteiger partial charge in [0.25, 0.3) is 0 Å². The molecule has 0 aliphatic carbocycles. The van der Waals surface area contributed by atoms with E-state index < -0.39 is 0 Å². The lowest BCUT2D eigenvalue weighted by atomic mass is 10.1. The number of dihydropyridines is 1. The minimum atomic E-state index is -0.0576. The predicted molar refractivity (Wildman–Crippen MR) is 120 cm³/mol. The normalized spacial score (nSPS) is 15.8. The standard InChI is InChI=1S/C24H39N3O2/c1-3-5-7-9-11-13-19-29-24-17-15-22(26-27-24)21-14-16-23(25-20-21)28-18-12-10-8-6-4-2/h14-17,20,23,25H,3-13,18-19H2,1-2H3. The van der Waals surface area contributed by atoms with Gasteiger partial charge >= 0.3 is 0 Å². The fourth-order valence-corrected chi connectivity index (χ4v) is 3.26. The van der Waals surface area contributed by atoms with Crippen molar-refractivity contribution in [1.82, 2.24) is 15.5 Å². The van der Waals surface area contributed by atoms with Gasteiger partial charge in [0.05, 0.1) is 12.3 Å². The van der Waals surface area contributed by atoms with Crippen LogP contribution in [0.1, 0.15) is 90.2 Å². The Hall–Kier alpha value is -1.88. The number of hydrogen-bond donors (Lipinski definition) is 1. The second-order valence-corrected chi connectivity index (χ2v) is 7.70. The maximum Gasteiger partial charge on any atom is 0.233 e. The number of aromatic nitrogens is 2. The van der Waals surface area contributed by atoms with E-state index in [-0.39, 0.29) is 6.23 Å². The van der Waals surface area contributed by atoms with Crippen molar-refractivity contribution >= 4 is 5.57 Å². The fourth-order valence-electron chi connectivity index (χ4n) is 3.26. The lowest BCUT2D eigenvalue weighted by molar-refractivity contribution is 0.0682. The van der Waals surface area contributed by atoms with Crippen molar-refractivity contribution in [1.29, 1.82) is 0 Å². The first-order chi connectivity index (χ1) is 14.3. The highest BCUT2D eigenvalue weighted by molar-refractivity contribution is 5.72. The van der Waals surface area contributed by atoms with E-state index in [2.05, 4.69) is 29.4 Å². The highest BCUT2D eigenvalue weighted by atomic mass is 16.5. The molecule has 0 saturated heterocycles. The maximum atomic E-state index is 5.85. The largest absolute Gasteiger partial charge is 0.477 e. The molecule has 1 aromatic heterocycles. The van der Waals surface area contributed by atoms with Crippen molar-refractivity contribution in [2.45, 2.75) is 90.7 Å². The molecule has 1 N–H and O–H groups in total. The van der Waals surface area contributed by atoms with Gasteiger partial charge in [-0.1, -0.05) is 77.7 Å². The van der Waals surface area contributed by atoms with E-state index in [9.17, 15) is 0 Å². The zero-order valence-electron chi connectivity index (χ0n) is 18.4. The molecule has 0 aromatic carbocycles. The third kappa shape index (κ3) is 9.93. The van der Waals surface area contributed by atoms with Crippen molar-refractivity contribution in [3.8, 4) is 5.88 Å². The monoisotopic (exact) mass is 401 g/mol. The Kier molecular flexibility index (Phi) is 12.1. The van der Waals surface area contributed by atoms with E-state index in [1.807, 2.05) is 30.5 Å². The number of ether oxygens (including phenoxy) is 2. The van der Waals surface area contributed by atoms with E-state index in [4.69, 9.17) is 9.47 Å². The van der Waals surface area contributed by atoms with E-state index >= 15 is 0 Å². The van der Waals surface area contributed by atoms with Gasteiger partial charge in [-0.25, -0.2) is 0 Å². The molecule has 2 rings (SSSR count). The Morgan fingerprint density at radius 3 is 2.14 bits per heavy atom. The Bertz CT molecular complexity index is 599. The van der Waals surface area contributed by atoms with E-state index in [0.717, 1.165) is 30.7 Å². The minimum Gasteiger partial charge on any atom is -0.477 e. The quantitative estimate of drug-likeness (QED) is 0.343. The van der Waals surface area contributed by atoms with Crippen molar-refractivity contribution in [2.24, 2.45) is 0 Å². The molecule has 1 unspecified atom stereocenters. The van der Waals surface area contributed by atoms with Gasteiger partial charge in [0.15, 0.2) is 0 Å². The van der Waals surface area contributed by atoms with Crippen molar-refractivity contribution in [3.63, 3.8) is 0 Å². The zero-order valence-corrected chi connectivity index (χ0v) is 18.4. The first kappa shape index (κ1) is 23.4. The Labute approximate surface area is 177 Å². The topological polar surface area (TPSA) is 56.3 Å². The van der Waals surface area contributed by atoms with Crippen LogP contribution in [0.4, 0.5) is 0 Å². The van der Waals surface area contributed by atoms with Crippen LogP contribution in [-0.2, 0) is 4.74 Å². The highest BCUT2D eigenvalue weighted by Crippen LogP contribution is 2.18. The second kappa shape index (κ2) is 15.0. The average Bonchev–Trinajstić information content (AvgIpc) is 2.76. The molecular weight excluding hydrogens is 362 g/mol. The van der Waals surface area contributed by atoms with Crippen LogP contribution in [0.5, 0.6) is 5.88 Å². The van der Waals surface area contributed by atoms with Crippen LogP contribution in [-0.4, -0.2) is 29.6 Å². The summed E-state index contributed by atoms with van der Waals surface area (Å²) < 4.78 is 11.6. The summed E-state index contributed by atoms with van der Waals surface area (Å²) in [5.41, 5.74) is 1.83. The summed E-state index contributed by atoms with van der Waals surface area (Å²) in [6.45, 7) is 5.98. The number of hydrogen-bond acceptors (Lipinski definition) is 5. The molecule has 0 bridgehead atoms. The van der Waals surface area contributed by atoms with Crippen molar-refractivity contribution < 1.29 is 9.47 Å². The second-order valence-electron chi connectivity index (χ2n) is 7.70. The van der Waals surface area contributed by atoms with Crippen molar-refractivity contribution in [3.05, 3.63) is 36.2 Å². The third-order valence-corrected chi connectivity index (χ3v) is 5.08. The van der Waals surface area contributed by atoms with Crippen LogP contribution in [0.2, 0.25) is 0 Å². The molecule has 5 nitrogen and oxygen atoms in total. The molecule has 5 heteroatoms. The van der Waals surface area contributed by atoms with Crippen LogP contribution < -0.4 is 10.1 Å². The maximum absolute atomic E-state index is 5.85. The summed E-state index contributed by atoms with van der Waals surface area (Å²) in [6, 6.07) is 3.85. The molecule has 1 aliphatic rings. The number of nitrogens with one attached hydrogen (secondary N) is 1. The molecule has 0 saturated carbocycles. The molecule has 1 aromatic rings. The molecule has 0 spiro atoms. The summed E-state index contributed by atoms with van der Waals surface area (Å²) in [5, 5.41) is 11.8.